The van der Waals surface area contributed by atoms with Gasteiger partial charge in [-0.3, -0.25) is 9.69 Å². The maximum Gasteiger partial charge on any atom is 0.325 e. The van der Waals surface area contributed by atoms with Crippen LogP contribution in [0.1, 0.15) is 18.2 Å². The minimum Gasteiger partial charge on any atom is -0.466 e. The minimum absolute atomic E-state index is 0.0613. The van der Waals surface area contributed by atoms with E-state index in [1.54, 1.807) is 35.9 Å². The van der Waals surface area contributed by atoms with Gasteiger partial charge in [0.05, 0.1) is 24.2 Å². The first-order chi connectivity index (χ1) is 15.5. The number of nitrogens with zero attached hydrogens (tertiary/aromatic N) is 3. The van der Waals surface area contributed by atoms with Crippen LogP contribution in [0.4, 0.5) is 4.79 Å². The average molecular weight is 447 g/mol. The monoisotopic (exact) mass is 446 g/mol. The lowest BCUT2D eigenvalue weighted by atomic mass is 9.99. The molecule has 32 heavy (non-hydrogen) atoms. The van der Waals surface area contributed by atoms with Crippen molar-refractivity contribution < 1.29 is 14.0 Å². The molecular formula is C24H19ClN4O3. The summed E-state index contributed by atoms with van der Waals surface area (Å²) in [5, 5.41) is 8.11. The second kappa shape index (κ2) is 7.69. The third-order valence-electron chi connectivity index (χ3n) is 5.55. The number of imide groups is 1. The molecule has 0 saturated carbocycles. The number of para-hydroxylation sites is 1. The molecule has 1 atom stereocenters. The fraction of sp³-hybridized carbons (Fsp3) is 0.125. The van der Waals surface area contributed by atoms with Gasteiger partial charge < -0.3 is 9.73 Å². The molecule has 0 bridgehead atoms. The molecule has 160 valence electrons. The van der Waals surface area contributed by atoms with E-state index in [9.17, 15) is 9.59 Å². The Morgan fingerprint density at radius 1 is 1.03 bits per heavy atom. The van der Waals surface area contributed by atoms with Gasteiger partial charge in [-0.15, -0.1) is 0 Å². The summed E-state index contributed by atoms with van der Waals surface area (Å²) in [6.45, 7) is 1.70. The summed E-state index contributed by atoms with van der Waals surface area (Å²) >= 11 is 6.06. The highest BCUT2D eigenvalue weighted by Gasteiger charge is 2.51. The molecule has 7 nitrogen and oxygen atoms in total. The van der Waals surface area contributed by atoms with Crippen LogP contribution in [0.3, 0.4) is 0 Å². The zero-order valence-electron chi connectivity index (χ0n) is 17.2. The number of halogens is 1. The standard InChI is InChI=1S/C24H19ClN4O3/c1-24(20-8-5-13-32-20)22(30)28(23(31)26-24)14-17-15-29(19-6-3-2-4-7-19)27-21(17)16-9-11-18(25)12-10-16/h2-13,15H,14H2,1H3,(H,26,31)/t24-/m0/s1. The zero-order chi connectivity index (χ0) is 22.3. The third-order valence-corrected chi connectivity index (χ3v) is 5.80. The fourth-order valence-corrected chi connectivity index (χ4v) is 3.96. The Hall–Kier alpha value is -3.84. The minimum atomic E-state index is -1.25. The molecule has 1 aliphatic heterocycles. The summed E-state index contributed by atoms with van der Waals surface area (Å²) in [6, 6.07) is 19.8. The molecule has 4 aromatic rings. The average Bonchev–Trinajstić information content (AvgIpc) is 3.52. The van der Waals surface area contributed by atoms with Gasteiger partial charge in [0.25, 0.3) is 5.91 Å². The number of hydrogen-bond acceptors (Lipinski definition) is 4. The van der Waals surface area contributed by atoms with Crippen molar-refractivity contribution in [2.75, 3.05) is 0 Å². The van der Waals surface area contributed by atoms with Crippen LogP contribution in [0.5, 0.6) is 0 Å². The van der Waals surface area contributed by atoms with Crippen LogP contribution < -0.4 is 5.32 Å². The number of rotatable bonds is 5. The van der Waals surface area contributed by atoms with Gasteiger partial charge in [-0.2, -0.15) is 5.10 Å². The smallest absolute Gasteiger partial charge is 0.325 e. The summed E-state index contributed by atoms with van der Waals surface area (Å²) in [6.07, 6.45) is 3.31. The van der Waals surface area contributed by atoms with Crippen molar-refractivity contribution in [1.29, 1.82) is 0 Å². The van der Waals surface area contributed by atoms with Crippen LogP contribution in [-0.4, -0.2) is 26.6 Å². The van der Waals surface area contributed by atoms with E-state index in [1.165, 1.54) is 11.2 Å². The molecule has 0 radical (unpaired) electrons. The van der Waals surface area contributed by atoms with Gasteiger partial charge in [-0.05, 0) is 43.3 Å². The molecule has 1 N–H and O–H groups in total. The Balaban J connectivity index is 1.54. The third kappa shape index (κ3) is 3.36. The van der Waals surface area contributed by atoms with E-state index in [4.69, 9.17) is 21.1 Å². The van der Waals surface area contributed by atoms with E-state index in [2.05, 4.69) is 5.32 Å². The van der Waals surface area contributed by atoms with Crippen LogP contribution in [0.15, 0.2) is 83.6 Å². The van der Waals surface area contributed by atoms with Crippen LogP contribution in [0.25, 0.3) is 16.9 Å². The highest BCUT2D eigenvalue weighted by molar-refractivity contribution is 6.30. The number of hydrogen-bond donors (Lipinski definition) is 1. The number of benzene rings is 2. The van der Waals surface area contributed by atoms with Gasteiger partial charge in [-0.25, -0.2) is 9.48 Å². The lowest BCUT2D eigenvalue weighted by Crippen LogP contribution is -2.40. The summed E-state index contributed by atoms with van der Waals surface area (Å²) in [5.74, 6) is 0.00298. The van der Waals surface area contributed by atoms with E-state index in [-0.39, 0.29) is 12.5 Å². The van der Waals surface area contributed by atoms with Crippen LogP contribution in [0.2, 0.25) is 5.02 Å². The Kier molecular flexibility index (Phi) is 4.83. The van der Waals surface area contributed by atoms with Crippen molar-refractivity contribution in [3.63, 3.8) is 0 Å². The van der Waals surface area contributed by atoms with Gasteiger partial charge in [0.1, 0.15) is 5.76 Å². The molecule has 3 heterocycles. The van der Waals surface area contributed by atoms with Gasteiger partial charge in [0.15, 0.2) is 5.54 Å². The highest BCUT2D eigenvalue weighted by atomic mass is 35.5. The van der Waals surface area contributed by atoms with Gasteiger partial charge in [-0.1, -0.05) is 41.9 Å². The number of carbonyl (C=O) groups is 2. The molecule has 1 aliphatic rings. The van der Waals surface area contributed by atoms with Crippen molar-refractivity contribution in [3.8, 4) is 16.9 Å². The molecule has 2 aromatic carbocycles. The lowest BCUT2D eigenvalue weighted by molar-refractivity contribution is -0.132. The first-order valence-electron chi connectivity index (χ1n) is 10.0. The highest BCUT2D eigenvalue weighted by Crippen LogP contribution is 2.32. The quantitative estimate of drug-likeness (QED) is 0.448. The lowest BCUT2D eigenvalue weighted by Gasteiger charge is -2.19. The molecule has 0 aliphatic carbocycles. The summed E-state index contributed by atoms with van der Waals surface area (Å²) < 4.78 is 7.15. The first kappa shape index (κ1) is 20.1. The summed E-state index contributed by atoms with van der Waals surface area (Å²) in [7, 11) is 0. The van der Waals surface area contributed by atoms with Crippen molar-refractivity contribution in [3.05, 3.63) is 95.5 Å². The van der Waals surface area contributed by atoms with Crippen molar-refractivity contribution in [2.45, 2.75) is 19.0 Å². The first-order valence-corrected chi connectivity index (χ1v) is 10.4. The van der Waals surface area contributed by atoms with Crippen LogP contribution in [0, 0.1) is 0 Å². The van der Waals surface area contributed by atoms with Gasteiger partial charge in [0.2, 0.25) is 0 Å². The molecule has 3 amide bonds. The zero-order valence-corrected chi connectivity index (χ0v) is 17.9. The van der Waals surface area contributed by atoms with E-state index >= 15 is 0 Å². The number of carbonyl (C=O) groups excluding carboxylic acids is 2. The maximum absolute atomic E-state index is 13.2. The fourth-order valence-electron chi connectivity index (χ4n) is 3.83. The molecule has 0 spiro atoms. The number of furan rings is 1. The van der Waals surface area contributed by atoms with Crippen LogP contribution in [-0.2, 0) is 16.9 Å². The van der Waals surface area contributed by atoms with E-state index in [0.717, 1.165) is 16.8 Å². The number of aromatic nitrogens is 2. The Bertz CT molecular complexity index is 1280. The normalized spacial score (nSPS) is 18.2. The van der Waals surface area contributed by atoms with Crippen molar-refractivity contribution >= 4 is 23.5 Å². The van der Waals surface area contributed by atoms with Crippen molar-refractivity contribution in [2.24, 2.45) is 0 Å². The second-order valence-corrected chi connectivity index (χ2v) is 8.15. The molecule has 0 unspecified atom stereocenters. The topological polar surface area (TPSA) is 80.4 Å². The SMILES string of the molecule is C[C@@]1(c2ccco2)NC(=O)N(Cc2cn(-c3ccccc3)nc2-c2ccc(Cl)cc2)C1=O. The van der Waals surface area contributed by atoms with Crippen molar-refractivity contribution in [1.82, 2.24) is 20.0 Å². The second-order valence-electron chi connectivity index (χ2n) is 7.71. The Morgan fingerprint density at radius 2 is 1.78 bits per heavy atom. The molecule has 1 fully saturated rings. The van der Waals surface area contributed by atoms with E-state index in [0.29, 0.717) is 16.5 Å². The van der Waals surface area contributed by atoms with E-state index < -0.39 is 11.6 Å². The van der Waals surface area contributed by atoms with Gasteiger partial charge in [0, 0.05) is 22.3 Å². The Labute approximate surface area is 189 Å². The maximum atomic E-state index is 13.2. The number of urea groups is 1. The molecule has 2 aromatic heterocycles. The Morgan fingerprint density at radius 3 is 2.47 bits per heavy atom. The van der Waals surface area contributed by atoms with Crippen LogP contribution >= 0.6 is 11.6 Å². The largest absolute Gasteiger partial charge is 0.466 e. The summed E-state index contributed by atoms with van der Waals surface area (Å²) in [4.78, 5) is 27.2. The number of nitrogens with one attached hydrogen (secondary N) is 1. The molecule has 8 heteroatoms. The molecular weight excluding hydrogens is 428 g/mol. The number of amides is 3. The predicted octanol–water partition coefficient (Wildman–Crippen LogP) is 4.75. The predicted molar refractivity (Wildman–Crippen MR) is 119 cm³/mol. The molecule has 5 rings (SSSR count). The van der Waals surface area contributed by atoms with Gasteiger partial charge >= 0.3 is 6.03 Å². The molecule has 1 saturated heterocycles. The summed E-state index contributed by atoms with van der Waals surface area (Å²) in [5.41, 5.74) is 1.84. The van der Waals surface area contributed by atoms with E-state index in [1.807, 2.05) is 48.7 Å².